The molecule has 0 aliphatic heterocycles. The molecule has 0 unspecified atom stereocenters. The number of hydrogen-bond donors (Lipinski definition) is 3. The Balaban J connectivity index is 1.88. The van der Waals surface area contributed by atoms with Crippen LogP contribution in [0.5, 0.6) is 0 Å². The molecule has 0 atom stereocenters. The summed E-state index contributed by atoms with van der Waals surface area (Å²) in [6.45, 7) is 3.69. The summed E-state index contributed by atoms with van der Waals surface area (Å²) in [4.78, 5) is 11.9. The first-order chi connectivity index (χ1) is 10.4. The van der Waals surface area contributed by atoms with Gasteiger partial charge in [-0.25, -0.2) is 13.1 Å². The minimum atomic E-state index is -3.67. The van der Waals surface area contributed by atoms with E-state index in [0.29, 0.717) is 6.54 Å². The van der Waals surface area contributed by atoms with Crippen LogP contribution in [0.15, 0.2) is 35.2 Å². The van der Waals surface area contributed by atoms with Gasteiger partial charge in [-0.15, -0.1) is 0 Å². The van der Waals surface area contributed by atoms with Gasteiger partial charge in [-0.2, -0.15) is 5.10 Å². The third kappa shape index (κ3) is 3.92. The summed E-state index contributed by atoms with van der Waals surface area (Å²) in [5.74, 6) is -0.403. The van der Waals surface area contributed by atoms with Crippen LogP contribution in [0.2, 0.25) is 0 Å². The van der Waals surface area contributed by atoms with Gasteiger partial charge in [0.25, 0.3) is 0 Å². The van der Waals surface area contributed by atoms with Crippen LogP contribution in [0.25, 0.3) is 0 Å². The van der Waals surface area contributed by atoms with Crippen LogP contribution in [-0.2, 0) is 21.4 Å². The molecule has 118 valence electrons. The molecule has 0 aliphatic carbocycles. The van der Waals surface area contributed by atoms with Gasteiger partial charge in [0.05, 0.1) is 17.1 Å². The Morgan fingerprint density at radius 1 is 1.23 bits per heavy atom. The molecule has 0 radical (unpaired) electrons. The maximum atomic E-state index is 12.0. The number of H-pyrrole nitrogens is 1. The second-order valence-corrected chi connectivity index (χ2v) is 6.59. The SMILES string of the molecule is Cc1n[nH]c(C)c1CNC(=O)CNS(=O)(=O)c1ccccc1. The largest absolute Gasteiger partial charge is 0.351 e. The molecule has 22 heavy (non-hydrogen) atoms. The van der Waals surface area contributed by atoms with Crippen LogP contribution in [0.3, 0.4) is 0 Å². The topological polar surface area (TPSA) is 104 Å². The summed E-state index contributed by atoms with van der Waals surface area (Å²) in [7, 11) is -3.67. The molecule has 0 saturated heterocycles. The van der Waals surface area contributed by atoms with Crippen molar-refractivity contribution in [1.29, 1.82) is 0 Å². The first-order valence-electron chi connectivity index (χ1n) is 6.72. The molecule has 1 heterocycles. The number of carbonyl (C=O) groups excluding carboxylic acids is 1. The number of benzene rings is 1. The van der Waals surface area contributed by atoms with E-state index >= 15 is 0 Å². The van der Waals surface area contributed by atoms with Crippen LogP contribution < -0.4 is 10.0 Å². The van der Waals surface area contributed by atoms with E-state index in [4.69, 9.17) is 0 Å². The maximum absolute atomic E-state index is 12.0. The molecule has 0 fully saturated rings. The Morgan fingerprint density at radius 3 is 2.50 bits per heavy atom. The van der Waals surface area contributed by atoms with Gasteiger partial charge >= 0.3 is 0 Å². The highest BCUT2D eigenvalue weighted by Crippen LogP contribution is 2.08. The van der Waals surface area contributed by atoms with Crippen molar-refractivity contribution >= 4 is 15.9 Å². The quantitative estimate of drug-likeness (QED) is 0.725. The molecule has 8 heteroatoms. The maximum Gasteiger partial charge on any atom is 0.241 e. The molecule has 2 aromatic rings. The fourth-order valence-electron chi connectivity index (χ4n) is 1.93. The summed E-state index contributed by atoms with van der Waals surface area (Å²) < 4.78 is 26.2. The highest BCUT2D eigenvalue weighted by molar-refractivity contribution is 7.89. The van der Waals surface area contributed by atoms with Crippen molar-refractivity contribution in [2.24, 2.45) is 0 Å². The number of nitrogens with zero attached hydrogens (tertiary/aromatic N) is 1. The van der Waals surface area contributed by atoms with Crippen LogP contribution >= 0.6 is 0 Å². The molecule has 1 aromatic carbocycles. The van der Waals surface area contributed by atoms with Crippen molar-refractivity contribution in [1.82, 2.24) is 20.2 Å². The van der Waals surface area contributed by atoms with E-state index in [0.717, 1.165) is 17.0 Å². The first kappa shape index (κ1) is 16.2. The number of aryl methyl sites for hydroxylation is 2. The highest BCUT2D eigenvalue weighted by atomic mass is 32.2. The minimum Gasteiger partial charge on any atom is -0.351 e. The van der Waals surface area contributed by atoms with E-state index in [1.54, 1.807) is 18.2 Å². The van der Waals surface area contributed by atoms with Crippen LogP contribution in [0.4, 0.5) is 0 Å². The molecule has 0 spiro atoms. The van der Waals surface area contributed by atoms with E-state index in [-0.39, 0.29) is 11.4 Å². The van der Waals surface area contributed by atoms with Gasteiger partial charge in [-0.05, 0) is 26.0 Å². The number of aromatic nitrogens is 2. The molecule has 7 nitrogen and oxygen atoms in total. The predicted octanol–water partition coefficient (Wildman–Crippen LogP) is 0.621. The lowest BCUT2D eigenvalue weighted by Crippen LogP contribution is -2.36. The number of sulfonamides is 1. The number of nitrogens with one attached hydrogen (secondary N) is 3. The third-order valence-electron chi connectivity index (χ3n) is 3.22. The summed E-state index contributed by atoms with van der Waals surface area (Å²) in [6.07, 6.45) is 0. The zero-order chi connectivity index (χ0) is 16.2. The first-order valence-corrected chi connectivity index (χ1v) is 8.20. The fourth-order valence-corrected chi connectivity index (χ4v) is 2.93. The monoisotopic (exact) mass is 322 g/mol. The zero-order valence-electron chi connectivity index (χ0n) is 12.4. The van der Waals surface area contributed by atoms with Crippen LogP contribution in [0, 0.1) is 13.8 Å². The number of hydrogen-bond acceptors (Lipinski definition) is 4. The highest BCUT2D eigenvalue weighted by Gasteiger charge is 2.15. The lowest BCUT2D eigenvalue weighted by atomic mass is 10.2. The number of amides is 1. The standard InChI is InChI=1S/C14H18N4O3S/c1-10-13(11(2)18-17-10)8-15-14(19)9-16-22(20,21)12-6-4-3-5-7-12/h3-7,16H,8-9H2,1-2H3,(H,15,19)(H,17,18). The molecular weight excluding hydrogens is 304 g/mol. The van der Waals surface area contributed by atoms with Gasteiger partial charge in [0, 0.05) is 17.8 Å². The Hall–Kier alpha value is -2.19. The third-order valence-corrected chi connectivity index (χ3v) is 4.64. The smallest absolute Gasteiger partial charge is 0.241 e. The second kappa shape index (κ2) is 6.71. The Morgan fingerprint density at radius 2 is 1.91 bits per heavy atom. The average molecular weight is 322 g/mol. The van der Waals surface area contributed by atoms with E-state index in [9.17, 15) is 13.2 Å². The molecule has 0 saturated carbocycles. The van der Waals surface area contributed by atoms with Crippen molar-refractivity contribution in [2.75, 3.05) is 6.54 Å². The fraction of sp³-hybridized carbons (Fsp3) is 0.286. The van der Waals surface area contributed by atoms with Gasteiger partial charge in [0.1, 0.15) is 0 Å². The van der Waals surface area contributed by atoms with Crippen LogP contribution in [0.1, 0.15) is 17.0 Å². The van der Waals surface area contributed by atoms with Crippen molar-refractivity contribution in [3.05, 3.63) is 47.3 Å². The van der Waals surface area contributed by atoms with Crippen LogP contribution in [-0.4, -0.2) is 31.1 Å². The molecule has 2 rings (SSSR count). The molecule has 0 aliphatic rings. The number of carbonyl (C=O) groups is 1. The average Bonchev–Trinajstić information content (AvgIpc) is 2.83. The van der Waals surface area contributed by atoms with Crippen molar-refractivity contribution in [3.8, 4) is 0 Å². The second-order valence-electron chi connectivity index (χ2n) is 4.83. The zero-order valence-corrected chi connectivity index (χ0v) is 13.2. The van der Waals surface area contributed by atoms with Crippen molar-refractivity contribution < 1.29 is 13.2 Å². The Labute approximate surface area is 129 Å². The molecule has 3 N–H and O–H groups in total. The summed E-state index contributed by atoms with van der Waals surface area (Å²) in [5, 5.41) is 9.52. The van der Waals surface area contributed by atoms with Gasteiger partial charge in [0.2, 0.25) is 15.9 Å². The normalized spacial score (nSPS) is 11.4. The van der Waals surface area contributed by atoms with Gasteiger partial charge in [-0.3, -0.25) is 9.89 Å². The molecule has 1 aromatic heterocycles. The predicted molar refractivity (Wildman–Crippen MR) is 81.5 cm³/mol. The van der Waals surface area contributed by atoms with Crippen molar-refractivity contribution in [3.63, 3.8) is 0 Å². The lowest BCUT2D eigenvalue weighted by molar-refractivity contribution is -0.120. The Kier molecular flexibility index (Phi) is 4.94. The van der Waals surface area contributed by atoms with Gasteiger partial charge in [-0.1, -0.05) is 18.2 Å². The van der Waals surface area contributed by atoms with E-state index in [2.05, 4.69) is 20.2 Å². The number of aromatic amines is 1. The molecular formula is C14H18N4O3S. The van der Waals surface area contributed by atoms with E-state index in [1.165, 1.54) is 12.1 Å². The van der Waals surface area contributed by atoms with Gasteiger partial charge in [0.15, 0.2) is 0 Å². The minimum absolute atomic E-state index is 0.129. The Bertz CT molecular complexity index is 734. The van der Waals surface area contributed by atoms with E-state index < -0.39 is 15.9 Å². The molecule has 0 bridgehead atoms. The summed E-state index contributed by atoms with van der Waals surface area (Å²) in [5.41, 5.74) is 2.59. The lowest BCUT2D eigenvalue weighted by Gasteiger charge is -2.08. The van der Waals surface area contributed by atoms with Crippen molar-refractivity contribution in [2.45, 2.75) is 25.3 Å². The summed E-state index contributed by atoms with van der Waals surface area (Å²) >= 11 is 0. The molecule has 1 amide bonds. The summed E-state index contributed by atoms with van der Waals surface area (Å²) in [6, 6.07) is 7.91. The number of rotatable bonds is 6. The van der Waals surface area contributed by atoms with E-state index in [1.807, 2.05) is 13.8 Å². The van der Waals surface area contributed by atoms with Gasteiger partial charge < -0.3 is 5.32 Å².